The summed E-state index contributed by atoms with van der Waals surface area (Å²) < 4.78 is 28.9. The summed E-state index contributed by atoms with van der Waals surface area (Å²) in [6.07, 6.45) is 0. The standard InChI is InChI=1S/C12H8ClNO5S/c13-11-6-1-2-7-12(11)19-20(17,18)10-5-3-4-9(8-10)14(15)16/h1-8H. The van der Waals surface area contributed by atoms with Gasteiger partial charge in [-0.15, -0.1) is 0 Å². The van der Waals surface area contributed by atoms with Gasteiger partial charge in [-0.1, -0.05) is 29.8 Å². The van der Waals surface area contributed by atoms with E-state index in [4.69, 9.17) is 15.8 Å². The molecule has 0 bridgehead atoms. The molecule has 8 heteroatoms. The van der Waals surface area contributed by atoms with Crippen molar-refractivity contribution in [3.8, 4) is 5.75 Å². The Labute approximate surface area is 119 Å². The van der Waals surface area contributed by atoms with Crippen LogP contribution in [0.2, 0.25) is 5.02 Å². The second-order valence-electron chi connectivity index (χ2n) is 3.72. The molecule has 0 atom stereocenters. The number of benzene rings is 2. The van der Waals surface area contributed by atoms with Crippen molar-refractivity contribution in [3.63, 3.8) is 0 Å². The molecular formula is C12H8ClNO5S. The lowest BCUT2D eigenvalue weighted by Crippen LogP contribution is -2.10. The summed E-state index contributed by atoms with van der Waals surface area (Å²) in [6, 6.07) is 10.6. The molecule has 6 nitrogen and oxygen atoms in total. The lowest BCUT2D eigenvalue weighted by molar-refractivity contribution is -0.385. The predicted molar refractivity (Wildman–Crippen MR) is 72.4 cm³/mol. The quantitative estimate of drug-likeness (QED) is 0.492. The molecule has 20 heavy (non-hydrogen) atoms. The van der Waals surface area contributed by atoms with E-state index in [1.807, 2.05) is 0 Å². The van der Waals surface area contributed by atoms with E-state index in [1.165, 1.54) is 30.3 Å². The predicted octanol–water partition coefficient (Wildman–Crippen LogP) is 3.02. The van der Waals surface area contributed by atoms with Crippen LogP contribution in [0.5, 0.6) is 5.75 Å². The Morgan fingerprint density at radius 2 is 1.80 bits per heavy atom. The zero-order valence-electron chi connectivity index (χ0n) is 9.89. The largest absolute Gasteiger partial charge is 0.377 e. The molecular weight excluding hydrogens is 306 g/mol. The van der Waals surface area contributed by atoms with Crippen molar-refractivity contribution in [2.45, 2.75) is 4.90 Å². The van der Waals surface area contributed by atoms with Crippen molar-refractivity contribution in [2.75, 3.05) is 0 Å². The van der Waals surface area contributed by atoms with Gasteiger partial charge in [0.15, 0.2) is 5.75 Å². The van der Waals surface area contributed by atoms with Gasteiger partial charge in [0.05, 0.1) is 9.95 Å². The Hall–Kier alpha value is -2.12. The Morgan fingerprint density at radius 3 is 2.45 bits per heavy atom. The van der Waals surface area contributed by atoms with Gasteiger partial charge in [0.1, 0.15) is 4.90 Å². The van der Waals surface area contributed by atoms with Crippen molar-refractivity contribution < 1.29 is 17.5 Å². The third kappa shape index (κ3) is 3.06. The van der Waals surface area contributed by atoms with Crippen molar-refractivity contribution in [1.29, 1.82) is 0 Å². The molecule has 0 aliphatic heterocycles. The van der Waals surface area contributed by atoms with Gasteiger partial charge >= 0.3 is 10.1 Å². The molecule has 0 aromatic heterocycles. The van der Waals surface area contributed by atoms with Crippen LogP contribution in [0.1, 0.15) is 0 Å². The van der Waals surface area contributed by atoms with Crippen LogP contribution < -0.4 is 4.18 Å². The highest BCUT2D eigenvalue weighted by Crippen LogP contribution is 2.27. The number of para-hydroxylation sites is 1. The first kappa shape index (κ1) is 14.3. The zero-order chi connectivity index (χ0) is 14.8. The molecule has 0 unspecified atom stereocenters. The Bertz CT molecular complexity index is 760. The van der Waals surface area contributed by atoms with E-state index in [2.05, 4.69) is 0 Å². The molecule has 0 aliphatic rings. The summed E-state index contributed by atoms with van der Waals surface area (Å²) in [5.41, 5.74) is -0.339. The summed E-state index contributed by atoms with van der Waals surface area (Å²) in [7, 11) is -4.18. The monoisotopic (exact) mass is 313 g/mol. The highest BCUT2D eigenvalue weighted by Gasteiger charge is 2.20. The second kappa shape index (κ2) is 5.48. The van der Waals surface area contributed by atoms with Crippen molar-refractivity contribution in [2.24, 2.45) is 0 Å². The van der Waals surface area contributed by atoms with E-state index >= 15 is 0 Å². The van der Waals surface area contributed by atoms with Crippen molar-refractivity contribution in [1.82, 2.24) is 0 Å². The van der Waals surface area contributed by atoms with E-state index in [1.54, 1.807) is 12.1 Å². The number of halogens is 1. The highest BCUT2D eigenvalue weighted by molar-refractivity contribution is 7.87. The maximum atomic E-state index is 12.0. The first-order valence-electron chi connectivity index (χ1n) is 5.33. The summed E-state index contributed by atoms with van der Waals surface area (Å²) in [6.45, 7) is 0. The van der Waals surface area contributed by atoms with Gasteiger partial charge in [0.25, 0.3) is 5.69 Å². The lowest BCUT2D eigenvalue weighted by atomic mass is 10.3. The normalized spacial score (nSPS) is 11.1. The number of non-ortho nitro benzene ring substituents is 1. The number of nitro benzene ring substituents is 1. The maximum absolute atomic E-state index is 12.0. The molecule has 0 fully saturated rings. The van der Waals surface area contributed by atoms with Gasteiger partial charge < -0.3 is 4.18 Å². The molecule has 0 radical (unpaired) electrons. The molecule has 0 heterocycles. The fraction of sp³-hybridized carbons (Fsp3) is 0. The molecule has 104 valence electrons. The third-order valence-electron chi connectivity index (χ3n) is 2.35. The van der Waals surface area contributed by atoms with Crippen LogP contribution in [-0.4, -0.2) is 13.3 Å². The van der Waals surface area contributed by atoms with Crippen LogP contribution in [0.15, 0.2) is 53.4 Å². The van der Waals surface area contributed by atoms with E-state index in [9.17, 15) is 18.5 Å². The minimum atomic E-state index is -4.18. The van der Waals surface area contributed by atoms with Crippen LogP contribution in [0.25, 0.3) is 0 Å². The zero-order valence-corrected chi connectivity index (χ0v) is 11.5. The molecule has 0 aliphatic carbocycles. The Balaban J connectivity index is 2.38. The van der Waals surface area contributed by atoms with Crippen LogP contribution in [-0.2, 0) is 10.1 Å². The number of rotatable bonds is 4. The molecule has 2 rings (SSSR count). The van der Waals surface area contributed by atoms with Crippen LogP contribution in [0.3, 0.4) is 0 Å². The minimum Gasteiger partial charge on any atom is -0.377 e. The number of hydrogen-bond donors (Lipinski definition) is 0. The first-order valence-corrected chi connectivity index (χ1v) is 7.12. The molecule has 2 aromatic carbocycles. The molecule has 2 aromatic rings. The summed E-state index contributed by atoms with van der Waals surface area (Å²) >= 11 is 5.80. The average molecular weight is 314 g/mol. The van der Waals surface area contributed by atoms with E-state index in [0.717, 1.165) is 6.07 Å². The third-order valence-corrected chi connectivity index (χ3v) is 3.90. The summed E-state index contributed by atoms with van der Waals surface area (Å²) in [5, 5.41) is 10.8. The van der Waals surface area contributed by atoms with E-state index in [0.29, 0.717) is 0 Å². The van der Waals surface area contributed by atoms with Gasteiger partial charge in [-0.2, -0.15) is 8.42 Å². The smallest absolute Gasteiger partial charge is 0.339 e. The summed E-state index contributed by atoms with van der Waals surface area (Å²) in [4.78, 5) is 9.64. The molecule has 0 amide bonds. The SMILES string of the molecule is O=[N+]([O-])c1cccc(S(=O)(=O)Oc2ccccc2Cl)c1. The maximum Gasteiger partial charge on any atom is 0.339 e. The van der Waals surface area contributed by atoms with E-state index in [-0.39, 0.29) is 21.4 Å². The molecule has 0 spiro atoms. The van der Waals surface area contributed by atoms with Gasteiger partial charge in [-0.05, 0) is 18.2 Å². The van der Waals surface area contributed by atoms with Gasteiger partial charge in [-0.3, -0.25) is 10.1 Å². The van der Waals surface area contributed by atoms with Gasteiger partial charge in [0, 0.05) is 12.1 Å². The minimum absolute atomic E-state index is 0.0410. The van der Waals surface area contributed by atoms with Gasteiger partial charge in [0.2, 0.25) is 0 Å². The molecule has 0 saturated heterocycles. The van der Waals surface area contributed by atoms with Gasteiger partial charge in [-0.25, -0.2) is 0 Å². The Morgan fingerprint density at radius 1 is 1.10 bits per heavy atom. The number of nitro groups is 1. The first-order chi connectivity index (χ1) is 9.40. The van der Waals surface area contributed by atoms with Crippen LogP contribution in [0.4, 0.5) is 5.69 Å². The highest BCUT2D eigenvalue weighted by atomic mass is 35.5. The lowest BCUT2D eigenvalue weighted by Gasteiger charge is -2.07. The fourth-order valence-corrected chi connectivity index (χ4v) is 2.64. The topological polar surface area (TPSA) is 86.5 Å². The van der Waals surface area contributed by atoms with Crippen LogP contribution in [0, 0.1) is 10.1 Å². The average Bonchev–Trinajstić information content (AvgIpc) is 2.41. The summed E-state index contributed by atoms with van der Waals surface area (Å²) in [5.74, 6) is -0.0410. The van der Waals surface area contributed by atoms with Crippen molar-refractivity contribution >= 4 is 27.4 Å². The van der Waals surface area contributed by atoms with E-state index < -0.39 is 15.0 Å². The fourth-order valence-electron chi connectivity index (χ4n) is 1.43. The van der Waals surface area contributed by atoms with Crippen LogP contribution >= 0.6 is 11.6 Å². The molecule has 0 saturated carbocycles. The second-order valence-corrected chi connectivity index (χ2v) is 5.68. The number of nitrogens with zero attached hydrogens (tertiary/aromatic N) is 1. The molecule has 0 N–H and O–H groups in total. The van der Waals surface area contributed by atoms with Crippen molar-refractivity contribution in [3.05, 3.63) is 63.7 Å². The Kier molecular flexibility index (Phi) is 3.91. The number of hydrogen-bond acceptors (Lipinski definition) is 5.